The van der Waals surface area contributed by atoms with Gasteiger partial charge in [-0.15, -0.1) is 0 Å². The number of hydrogen-bond acceptors (Lipinski definition) is 0. The van der Waals surface area contributed by atoms with Crippen molar-refractivity contribution in [3.8, 4) is 0 Å². The van der Waals surface area contributed by atoms with Crippen LogP contribution in [0.5, 0.6) is 0 Å². The zero-order chi connectivity index (χ0) is 4.28. The van der Waals surface area contributed by atoms with Gasteiger partial charge in [0.1, 0.15) is 0 Å². The van der Waals surface area contributed by atoms with Gasteiger partial charge in [0.15, 0.2) is 0 Å². The summed E-state index contributed by atoms with van der Waals surface area (Å²) in [4.78, 5) is 0. The first-order valence-electron chi connectivity index (χ1n) is 2.10. The molecule has 1 heteroatoms. The van der Waals surface area contributed by atoms with Crippen molar-refractivity contribution in [1.29, 1.82) is 0 Å². The van der Waals surface area contributed by atoms with Crippen LogP contribution >= 0.6 is 0 Å². The van der Waals surface area contributed by atoms with Gasteiger partial charge in [0.05, 0.1) is 0 Å². The Kier molecular flexibility index (Phi) is 3.43. The SMILES string of the molecule is CC[CH](C)[Mg+].[H-]. The van der Waals surface area contributed by atoms with Crippen LogP contribution in [-0.4, -0.2) is 21.7 Å². The fourth-order valence-electron chi connectivity index (χ4n) is 0. The topological polar surface area (TPSA) is 0 Å². The van der Waals surface area contributed by atoms with Gasteiger partial charge in [-0.05, 0) is 0 Å². The molecule has 0 saturated heterocycles. The van der Waals surface area contributed by atoms with Gasteiger partial charge in [0.2, 0.25) is 0 Å². The van der Waals surface area contributed by atoms with Crippen LogP contribution in [0.4, 0.5) is 0 Å². The van der Waals surface area contributed by atoms with E-state index in [9.17, 15) is 0 Å². The fourth-order valence-corrected chi connectivity index (χ4v) is 0. The van der Waals surface area contributed by atoms with Crippen LogP contribution in [-0.2, 0) is 0 Å². The first-order valence-corrected chi connectivity index (χ1v) is 2.92. The summed E-state index contributed by atoms with van der Waals surface area (Å²) in [6, 6.07) is 0. The molecule has 0 saturated carbocycles. The molecule has 0 aromatic carbocycles. The largest absolute Gasteiger partial charge is 1.00 e. The van der Waals surface area contributed by atoms with Gasteiger partial charge in [-0.1, -0.05) is 0 Å². The van der Waals surface area contributed by atoms with Crippen LogP contribution < -0.4 is 0 Å². The summed E-state index contributed by atoms with van der Waals surface area (Å²) >= 11 is 2.05. The van der Waals surface area contributed by atoms with Crippen molar-refractivity contribution in [1.82, 2.24) is 0 Å². The van der Waals surface area contributed by atoms with E-state index in [0.29, 0.717) is 0 Å². The van der Waals surface area contributed by atoms with Gasteiger partial charge in [0, 0.05) is 0 Å². The maximum Gasteiger partial charge on any atom is -1.00 e. The van der Waals surface area contributed by atoms with Crippen molar-refractivity contribution in [3.05, 3.63) is 0 Å². The molecule has 0 fully saturated rings. The predicted octanol–water partition coefficient (Wildman–Crippen LogP) is 1.49. The van der Waals surface area contributed by atoms with E-state index in [1.54, 1.807) is 0 Å². The Balaban J connectivity index is 0. The van der Waals surface area contributed by atoms with Crippen molar-refractivity contribution in [2.45, 2.75) is 24.3 Å². The van der Waals surface area contributed by atoms with Crippen molar-refractivity contribution >= 4 is 21.7 Å². The summed E-state index contributed by atoms with van der Waals surface area (Å²) in [5, 5.41) is 0. The second kappa shape index (κ2) is 2.98. The average Bonchev–Trinajstić information content (AvgIpc) is 1.38. The maximum atomic E-state index is 2.23. The molecule has 0 aliphatic rings. The van der Waals surface area contributed by atoms with Crippen molar-refractivity contribution in [3.63, 3.8) is 0 Å². The third-order valence-electron chi connectivity index (χ3n) is 0.697. The minimum absolute atomic E-state index is 0. The molecule has 0 aliphatic carbocycles. The average molecular weight is 82.4 g/mol. The molecule has 0 rings (SSSR count). The van der Waals surface area contributed by atoms with E-state index in [-0.39, 0.29) is 1.43 Å². The predicted molar refractivity (Wildman–Crippen MR) is 26.6 cm³/mol. The summed E-state index contributed by atoms with van der Waals surface area (Å²) < 4.78 is 0.912. The molecule has 0 aromatic heterocycles. The molecule has 5 heavy (non-hydrogen) atoms. The molecule has 0 heterocycles. The van der Waals surface area contributed by atoms with E-state index in [1.165, 1.54) is 6.42 Å². The molecule has 0 radical (unpaired) electrons. The minimum atomic E-state index is 0. The second-order valence-corrected chi connectivity index (χ2v) is 2.91. The van der Waals surface area contributed by atoms with E-state index >= 15 is 0 Å². The standard InChI is InChI=1S/C4H9.Mg.H/c1-3-4-2;;/h3H,4H2,1-2H3;;/q;+1;-1. The van der Waals surface area contributed by atoms with Crippen molar-refractivity contribution in [2.24, 2.45) is 0 Å². The number of hydrogen-bond donors (Lipinski definition) is 0. The molecule has 0 spiro atoms. The van der Waals surface area contributed by atoms with Crippen LogP contribution in [0, 0.1) is 0 Å². The molecule has 1 unspecified atom stereocenters. The van der Waals surface area contributed by atoms with Crippen LogP contribution in [0.2, 0.25) is 4.05 Å². The van der Waals surface area contributed by atoms with E-state index in [2.05, 4.69) is 35.6 Å². The van der Waals surface area contributed by atoms with Crippen LogP contribution in [0.3, 0.4) is 0 Å². The van der Waals surface area contributed by atoms with Gasteiger partial charge in [0.25, 0.3) is 0 Å². The normalized spacial score (nSPS) is 15.2. The summed E-state index contributed by atoms with van der Waals surface area (Å²) in [6.07, 6.45) is 1.32. The van der Waals surface area contributed by atoms with Gasteiger partial charge in [-0.3, -0.25) is 0 Å². The Morgan fingerprint density at radius 3 is 2.20 bits per heavy atom. The summed E-state index contributed by atoms with van der Waals surface area (Å²) in [5.41, 5.74) is 0. The van der Waals surface area contributed by atoms with E-state index in [0.717, 1.165) is 4.05 Å². The molecule has 1 atom stereocenters. The van der Waals surface area contributed by atoms with E-state index in [1.807, 2.05) is 0 Å². The third-order valence-corrected chi connectivity index (χ3v) is 1.27. The molecule has 0 aliphatic heterocycles. The van der Waals surface area contributed by atoms with Gasteiger partial charge < -0.3 is 1.43 Å². The monoisotopic (exact) mass is 82.1 g/mol. The van der Waals surface area contributed by atoms with Crippen LogP contribution in [0.15, 0.2) is 0 Å². The Hall–Kier alpha value is 0.766. The van der Waals surface area contributed by atoms with Crippen LogP contribution in [0.25, 0.3) is 0 Å². The van der Waals surface area contributed by atoms with Crippen LogP contribution in [0.1, 0.15) is 21.7 Å². The van der Waals surface area contributed by atoms with Crippen molar-refractivity contribution < 1.29 is 1.43 Å². The quantitative estimate of drug-likeness (QED) is 0.421. The molecule has 0 nitrogen and oxygen atoms in total. The minimum Gasteiger partial charge on any atom is -1.00 e. The Morgan fingerprint density at radius 2 is 2.20 bits per heavy atom. The number of rotatable bonds is 1. The summed E-state index contributed by atoms with van der Waals surface area (Å²) in [5.74, 6) is 0. The Morgan fingerprint density at radius 1 is 2.00 bits per heavy atom. The molecular formula is C4H10Mg. The molecular weight excluding hydrogens is 72.3 g/mol. The molecule has 0 bridgehead atoms. The first-order chi connectivity index (χ1) is 2.27. The van der Waals surface area contributed by atoms with Gasteiger partial charge in [-0.2, -0.15) is 0 Å². The Bertz CT molecular complexity index is 21.5. The zero-order valence-corrected chi connectivity index (χ0v) is 5.41. The second-order valence-electron chi connectivity index (χ2n) is 1.51. The first kappa shape index (κ1) is 5.77. The zero-order valence-electron chi connectivity index (χ0n) is 4.99. The molecule has 0 N–H and O–H groups in total. The molecule has 0 aromatic rings. The Labute approximate surface area is 47.9 Å². The third kappa shape index (κ3) is 4.77. The van der Waals surface area contributed by atoms with Crippen molar-refractivity contribution in [2.75, 3.05) is 0 Å². The molecule has 28 valence electrons. The maximum absolute atomic E-state index is 2.23. The van der Waals surface area contributed by atoms with E-state index in [4.69, 9.17) is 0 Å². The van der Waals surface area contributed by atoms with Gasteiger partial charge >= 0.3 is 46.0 Å². The fraction of sp³-hybridized carbons (Fsp3) is 1.00. The summed E-state index contributed by atoms with van der Waals surface area (Å²) in [6.45, 7) is 4.44. The smallest absolute Gasteiger partial charge is 1.00 e. The van der Waals surface area contributed by atoms with Gasteiger partial charge in [-0.25, -0.2) is 0 Å². The summed E-state index contributed by atoms with van der Waals surface area (Å²) in [7, 11) is 0. The molecule has 0 amide bonds. The van der Waals surface area contributed by atoms with E-state index < -0.39 is 0 Å².